The van der Waals surface area contributed by atoms with Crippen molar-refractivity contribution in [2.24, 2.45) is 0 Å². The smallest absolute Gasteiger partial charge is 0.341 e. The molecule has 0 aromatic heterocycles. The summed E-state index contributed by atoms with van der Waals surface area (Å²) >= 11 is 0. The van der Waals surface area contributed by atoms with Crippen LogP contribution >= 0.6 is 0 Å². The Morgan fingerprint density at radius 2 is 1.85 bits per heavy atom. The van der Waals surface area contributed by atoms with Gasteiger partial charge in [-0.1, -0.05) is 12.1 Å². The summed E-state index contributed by atoms with van der Waals surface area (Å²) < 4.78 is 43.9. The molecule has 0 fully saturated rings. The van der Waals surface area contributed by atoms with Gasteiger partial charge >= 0.3 is 5.97 Å². The zero-order valence-electron chi connectivity index (χ0n) is 15.0. The number of sulfonamides is 1. The van der Waals surface area contributed by atoms with Crippen LogP contribution in [0.25, 0.3) is 0 Å². The first kappa shape index (κ1) is 20.5. The van der Waals surface area contributed by atoms with Crippen LogP contribution < -0.4 is 5.32 Å². The van der Waals surface area contributed by atoms with Gasteiger partial charge in [-0.15, -0.1) is 0 Å². The molecule has 0 saturated carbocycles. The van der Waals surface area contributed by atoms with E-state index >= 15 is 0 Å². The van der Waals surface area contributed by atoms with Crippen LogP contribution in [0.15, 0.2) is 47.4 Å². The van der Waals surface area contributed by atoms with E-state index in [4.69, 9.17) is 4.74 Å². The third-order valence-corrected chi connectivity index (χ3v) is 5.38. The summed E-state index contributed by atoms with van der Waals surface area (Å²) in [6, 6.07) is 9.80. The molecule has 144 valence electrons. The highest BCUT2D eigenvalue weighted by molar-refractivity contribution is 7.89. The number of hydrogen-bond acceptors (Lipinski definition) is 5. The quantitative estimate of drug-likeness (QED) is 0.758. The van der Waals surface area contributed by atoms with Gasteiger partial charge in [-0.05, 0) is 42.8 Å². The number of anilines is 1. The summed E-state index contributed by atoms with van der Waals surface area (Å²) in [7, 11) is -1.22. The van der Waals surface area contributed by atoms with Crippen LogP contribution in [0.5, 0.6) is 0 Å². The van der Waals surface area contributed by atoms with Gasteiger partial charge in [0.2, 0.25) is 10.0 Å². The van der Waals surface area contributed by atoms with Crippen molar-refractivity contribution < 1.29 is 27.1 Å². The van der Waals surface area contributed by atoms with Crippen molar-refractivity contribution in [3.05, 3.63) is 59.4 Å². The normalized spacial score (nSPS) is 11.3. The second kappa shape index (κ2) is 8.28. The number of hydrogen-bond donors (Lipinski definition) is 1. The molecule has 0 aliphatic carbocycles. The summed E-state index contributed by atoms with van der Waals surface area (Å²) in [5.74, 6) is -2.69. The van der Waals surface area contributed by atoms with Crippen molar-refractivity contribution in [3.8, 4) is 0 Å². The molecule has 2 aromatic carbocycles. The molecule has 2 aromatic rings. The van der Waals surface area contributed by atoms with Crippen LogP contribution in [0.1, 0.15) is 15.9 Å². The molecule has 0 heterocycles. The summed E-state index contributed by atoms with van der Waals surface area (Å²) in [5, 5.41) is 2.54. The van der Waals surface area contributed by atoms with Crippen molar-refractivity contribution in [1.82, 2.24) is 4.31 Å². The van der Waals surface area contributed by atoms with E-state index in [9.17, 15) is 22.4 Å². The van der Waals surface area contributed by atoms with Crippen LogP contribution in [0.2, 0.25) is 0 Å². The van der Waals surface area contributed by atoms with E-state index in [1.54, 1.807) is 18.2 Å². The highest BCUT2D eigenvalue weighted by Gasteiger charge is 2.22. The lowest BCUT2D eigenvalue weighted by Gasteiger charge is -2.12. The molecule has 0 saturated heterocycles. The largest absolute Gasteiger partial charge is 0.452 e. The molecule has 0 unspecified atom stereocenters. The fourth-order valence-electron chi connectivity index (χ4n) is 2.16. The lowest BCUT2D eigenvalue weighted by Crippen LogP contribution is -2.23. The molecular weight excluding hydrogens is 375 g/mol. The number of esters is 1. The maximum atomic E-state index is 13.9. The third kappa shape index (κ3) is 5.11. The Morgan fingerprint density at radius 3 is 2.48 bits per heavy atom. The molecule has 0 aliphatic heterocycles. The maximum Gasteiger partial charge on any atom is 0.341 e. The second-order valence-corrected chi connectivity index (χ2v) is 8.07. The SMILES string of the molecule is Cc1cccc(NC(=O)COC(=O)c2cc(S(=O)(=O)N(C)C)ccc2F)c1. The van der Waals surface area contributed by atoms with Crippen molar-refractivity contribution in [3.63, 3.8) is 0 Å². The molecule has 27 heavy (non-hydrogen) atoms. The van der Waals surface area contributed by atoms with Gasteiger partial charge < -0.3 is 10.1 Å². The van der Waals surface area contributed by atoms with E-state index in [-0.39, 0.29) is 4.90 Å². The molecule has 0 aliphatic rings. The Bertz CT molecular complexity index is 973. The highest BCUT2D eigenvalue weighted by atomic mass is 32.2. The monoisotopic (exact) mass is 394 g/mol. The van der Waals surface area contributed by atoms with Gasteiger partial charge in [0, 0.05) is 19.8 Å². The zero-order valence-corrected chi connectivity index (χ0v) is 15.8. The summed E-state index contributed by atoms with van der Waals surface area (Å²) in [6.45, 7) is 1.21. The maximum absolute atomic E-state index is 13.9. The van der Waals surface area contributed by atoms with Gasteiger partial charge in [0.05, 0.1) is 10.5 Å². The van der Waals surface area contributed by atoms with Crippen LogP contribution in [0.3, 0.4) is 0 Å². The molecule has 0 radical (unpaired) electrons. The fourth-order valence-corrected chi connectivity index (χ4v) is 3.09. The Balaban J connectivity index is 2.08. The summed E-state index contributed by atoms with van der Waals surface area (Å²) in [4.78, 5) is 23.7. The minimum atomic E-state index is -3.85. The number of aryl methyl sites for hydroxylation is 1. The minimum Gasteiger partial charge on any atom is -0.452 e. The average molecular weight is 394 g/mol. The lowest BCUT2D eigenvalue weighted by molar-refractivity contribution is -0.119. The number of nitrogens with one attached hydrogen (secondary N) is 1. The minimum absolute atomic E-state index is 0.259. The predicted octanol–water partition coefficient (Wildman–Crippen LogP) is 2.18. The van der Waals surface area contributed by atoms with Crippen molar-refractivity contribution >= 4 is 27.6 Å². The number of amides is 1. The van der Waals surface area contributed by atoms with E-state index in [0.717, 1.165) is 28.1 Å². The number of ether oxygens (including phenoxy) is 1. The van der Waals surface area contributed by atoms with E-state index in [2.05, 4.69) is 5.32 Å². The Labute approximate surface area is 156 Å². The van der Waals surface area contributed by atoms with Crippen LogP contribution in [0, 0.1) is 12.7 Å². The highest BCUT2D eigenvalue weighted by Crippen LogP contribution is 2.18. The first-order valence-electron chi connectivity index (χ1n) is 7.87. The number of carbonyl (C=O) groups excluding carboxylic acids is 2. The molecule has 0 atom stereocenters. The van der Waals surface area contributed by atoms with Crippen molar-refractivity contribution in [2.75, 3.05) is 26.0 Å². The van der Waals surface area contributed by atoms with Gasteiger partial charge in [0.15, 0.2) is 6.61 Å². The van der Waals surface area contributed by atoms with Gasteiger partial charge in [0.25, 0.3) is 5.91 Å². The fraction of sp³-hybridized carbons (Fsp3) is 0.222. The van der Waals surface area contributed by atoms with Crippen LogP contribution in [0.4, 0.5) is 10.1 Å². The molecule has 0 spiro atoms. The van der Waals surface area contributed by atoms with E-state index in [1.165, 1.54) is 14.1 Å². The van der Waals surface area contributed by atoms with E-state index in [0.29, 0.717) is 5.69 Å². The molecular formula is C18H19FN2O5S. The first-order valence-corrected chi connectivity index (χ1v) is 9.31. The first-order chi connectivity index (χ1) is 12.6. The zero-order chi connectivity index (χ0) is 20.2. The Hall–Kier alpha value is -2.78. The standard InChI is InChI=1S/C18H19FN2O5S/c1-12-5-4-6-13(9-12)20-17(22)11-26-18(23)15-10-14(7-8-16(15)19)27(24,25)21(2)3/h4-10H,11H2,1-3H3,(H,20,22). The Kier molecular flexibility index (Phi) is 6.29. The van der Waals surface area contributed by atoms with E-state index in [1.807, 2.05) is 13.0 Å². The number of carbonyl (C=O) groups is 2. The molecule has 1 N–H and O–H groups in total. The molecule has 2 rings (SSSR count). The van der Waals surface area contributed by atoms with E-state index < -0.39 is 39.9 Å². The van der Waals surface area contributed by atoms with Gasteiger partial charge in [-0.25, -0.2) is 21.9 Å². The van der Waals surface area contributed by atoms with Crippen LogP contribution in [-0.4, -0.2) is 45.3 Å². The summed E-state index contributed by atoms with van der Waals surface area (Å²) in [5.41, 5.74) is 0.897. The van der Waals surface area contributed by atoms with Gasteiger partial charge in [-0.2, -0.15) is 0 Å². The van der Waals surface area contributed by atoms with Crippen molar-refractivity contribution in [1.29, 1.82) is 0 Å². The molecule has 7 nitrogen and oxygen atoms in total. The summed E-state index contributed by atoms with van der Waals surface area (Å²) in [6.07, 6.45) is 0. The number of nitrogens with zero attached hydrogens (tertiary/aromatic N) is 1. The Morgan fingerprint density at radius 1 is 1.15 bits per heavy atom. The predicted molar refractivity (Wildman–Crippen MR) is 97.4 cm³/mol. The average Bonchev–Trinajstić information content (AvgIpc) is 2.59. The van der Waals surface area contributed by atoms with Crippen molar-refractivity contribution in [2.45, 2.75) is 11.8 Å². The van der Waals surface area contributed by atoms with Crippen LogP contribution in [-0.2, 0) is 19.6 Å². The molecule has 9 heteroatoms. The third-order valence-electron chi connectivity index (χ3n) is 3.57. The number of rotatable bonds is 6. The molecule has 1 amide bonds. The molecule has 0 bridgehead atoms. The lowest BCUT2D eigenvalue weighted by atomic mass is 10.2. The number of halogens is 1. The number of benzene rings is 2. The van der Waals surface area contributed by atoms with Gasteiger partial charge in [-0.3, -0.25) is 4.79 Å². The van der Waals surface area contributed by atoms with Gasteiger partial charge in [0.1, 0.15) is 5.82 Å². The topological polar surface area (TPSA) is 92.8 Å². The second-order valence-electron chi connectivity index (χ2n) is 5.92.